The van der Waals surface area contributed by atoms with Gasteiger partial charge in [-0.3, -0.25) is 0 Å². The van der Waals surface area contributed by atoms with Gasteiger partial charge >= 0.3 is 0 Å². The van der Waals surface area contributed by atoms with Crippen LogP contribution in [0.2, 0.25) is 5.02 Å². The minimum atomic E-state index is 0.190. The lowest BCUT2D eigenvalue weighted by atomic mass is 10.1. The van der Waals surface area contributed by atoms with Crippen LogP contribution in [-0.2, 0) is 0 Å². The fourth-order valence-corrected chi connectivity index (χ4v) is 2.76. The van der Waals surface area contributed by atoms with Gasteiger partial charge in [0.15, 0.2) is 11.5 Å². The number of methoxy groups -OCH3 is 3. The van der Waals surface area contributed by atoms with Crippen molar-refractivity contribution < 1.29 is 18.7 Å². The third-order valence-corrected chi connectivity index (χ3v) is 4.24. The molecular weight excluding hydrogens is 391 g/mol. The van der Waals surface area contributed by atoms with Gasteiger partial charge < -0.3 is 18.7 Å². The van der Waals surface area contributed by atoms with Crippen LogP contribution < -0.4 is 14.2 Å². The highest BCUT2D eigenvalue weighted by molar-refractivity contribution is 6.50. The van der Waals surface area contributed by atoms with Gasteiger partial charge in [-0.25, -0.2) is 0 Å². The molecule has 0 N–H and O–H groups in total. The Bertz CT molecular complexity index is 943. The number of nitrogens with zero attached hydrogens (tertiary/aromatic N) is 2. The minimum absolute atomic E-state index is 0.190. The van der Waals surface area contributed by atoms with Gasteiger partial charge in [-0.15, -0.1) is 0 Å². The number of ether oxygens (including phenoxy) is 3. The average Bonchev–Trinajstić information content (AvgIpc) is 3.18. The Morgan fingerprint density at radius 3 is 2.19 bits per heavy atom. The van der Waals surface area contributed by atoms with E-state index in [9.17, 15) is 0 Å². The molecule has 0 aliphatic carbocycles. The SMILES string of the molecule is COc1cc(/C=C(\Cl)c2nc(-c3ccc(Cl)cc3)no2)cc(OC)c1OC. The Balaban J connectivity index is 1.93. The summed E-state index contributed by atoms with van der Waals surface area (Å²) >= 11 is 12.3. The quantitative estimate of drug-likeness (QED) is 0.563. The average molecular weight is 407 g/mol. The highest BCUT2D eigenvalue weighted by atomic mass is 35.5. The standard InChI is InChI=1S/C19H16Cl2N2O4/c1-24-15-9-11(10-16(25-2)17(15)26-3)8-14(21)19-22-18(23-27-19)12-4-6-13(20)7-5-12/h4-10H,1-3H3/b14-8-. The summed E-state index contributed by atoms with van der Waals surface area (Å²) < 4.78 is 21.2. The summed E-state index contributed by atoms with van der Waals surface area (Å²) in [6, 6.07) is 10.6. The first-order chi connectivity index (χ1) is 13.0. The topological polar surface area (TPSA) is 66.6 Å². The van der Waals surface area contributed by atoms with Crippen molar-refractivity contribution in [1.29, 1.82) is 0 Å². The van der Waals surface area contributed by atoms with Crippen LogP contribution in [0.15, 0.2) is 40.9 Å². The van der Waals surface area contributed by atoms with Crippen molar-refractivity contribution in [3.8, 4) is 28.6 Å². The molecule has 1 aromatic heterocycles. The lowest BCUT2D eigenvalue weighted by molar-refractivity contribution is 0.324. The summed E-state index contributed by atoms with van der Waals surface area (Å²) in [5, 5.41) is 4.85. The number of hydrogen-bond acceptors (Lipinski definition) is 6. The van der Waals surface area contributed by atoms with Crippen LogP contribution in [0, 0.1) is 0 Å². The maximum absolute atomic E-state index is 6.36. The fraction of sp³-hybridized carbons (Fsp3) is 0.158. The van der Waals surface area contributed by atoms with E-state index in [1.165, 1.54) is 0 Å². The summed E-state index contributed by atoms with van der Waals surface area (Å²) in [4.78, 5) is 4.32. The molecule has 0 aliphatic rings. The van der Waals surface area contributed by atoms with Crippen LogP contribution in [0.5, 0.6) is 17.2 Å². The maximum Gasteiger partial charge on any atom is 0.269 e. The van der Waals surface area contributed by atoms with Crippen LogP contribution >= 0.6 is 23.2 Å². The number of aromatic nitrogens is 2. The van der Waals surface area contributed by atoms with Crippen LogP contribution in [-0.4, -0.2) is 31.5 Å². The molecule has 0 saturated carbocycles. The predicted octanol–water partition coefficient (Wildman–Crippen LogP) is 5.15. The lowest BCUT2D eigenvalue weighted by Crippen LogP contribution is -1.95. The Labute approximate surface area is 166 Å². The zero-order chi connectivity index (χ0) is 19.4. The Morgan fingerprint density at radius 1 is 1.00 bits per heavy atom. The van der Waals surface area contributed by atoms with Crippen LogP contribution in [0.25, 0.3) is 22.5 Å². The van der Waals surface area contributed by atoms with Crippen molar-refractivity contribution in [1.82, 2.24) is 10.1 Å². The van der Waals surface area contributed by atoms with Gasteiger partial charge in [0.1, 0.15) is 5.03 Å². The molecule has 0 radical (unpaired) electrons. The number of benzene rings is 2. The third kappa shape index (κ3) is 4.18. The molecule has 0 unspecified atom stereocenters. The van der Waals surface area contributed by atoms with E-state index in [0.717, 1.165) is 11.1 Å². The number of hydrogen-bond donors (Lipinski definition) is 0. The van der Waals surface area contributed by atoms with E-state index in [1.54, 1.807) is 63.8 Å². The van der Waals surface area contributed by atoms with E-state index in [4.69, 9.17) is 41.9 Å². The second-order valence-electron chi connectivity index (χ2n) is 5.38. The number of halogens is 2. The molecule has 3 rings (SSSR count). The molecule has 0 atom stereocenters. The molecule has 0 saturated heterocycles. The third-order valence-electron chi connectivity index (χ3n) is 3.71. The van der Waals surface area contributed by atoms with Crippen molar-refractivity contribution in [2.24, 2.45) is 0 Å². The summed E-state index contributed by atoms with van der Waals surface area (Å²) in [6.45, 7) is 0. The zero-order valence-corrected chi connectivity index (χ0v) is 16.3. The maximum atomic E-state index is 6.36. The second-order valence-corrected chi connectivity index (χ2v) is 6.22. The van der Waals surface area contributed by atoms with Gasteiger partial charge in [-0.05, 0) is 48.0 Å². The highest BCUT2D eigenvalue weighted by Crippen LogP contribution is 2.39. The van der Waals surface area contributed by atoms with Crippen molar-refractivity contribution in [2.45, 2.75) is 0 Å². The van der Waals surface area contributed by atoms with E-state index < -0.39 is 0 Å². The monoisotopic (exact) mass is 406 g/mol. The van der Waals surface area contributed by atoms with Gasteiger partial charge in [-0.2, -0.15) is 4.98 Å². The van der Waals surface area contributed by atoms with Gasteiger partial charge in [0.25, 0.3) is 5.89 Å². The van der Waals surface area contributed by atoms with E-state index in [-0.39, 0.29) is 10.9 Å². The molecule has 0 bridgehead atoms. The first-order valence-electron chi connectivity index (χ1n) is 7.83. The van der Waals surface area contributed by atoms with Gasteiger partial charge in [0.05, 0.1) is 21.3 Å². The van der Waals surface area contributed by atoms with E-state index in [0.29, 0.717) is 28.1 Å². The first-order valence-corrected chi connectivity index (χ1v) is 8.58. The smallest absolute Gasteiger partial charge is 0.269 e. The molecule has 6 nitrogen and oxygen atoms in total. The summed E-state index contributed by atoms with van der Waals surface area (Å²) in [5.41, 5.74) is 1.49. The van der Waals surface area contributed by atoms with Gasteiger partial charge in [0.2, 0.25) is 11.6 Å². The lowest BCUT2D eigenvalue weighted by Gasteiger charge is -2.12. The molecule has 140 valence electrons. The molecule has 0 spiro atoms. The van der Waals surface area contributed by atoms with E-state index >= 15 is 0 Å². The minimum Gasteiger partial charge on any atom is -0.493 e. The molecule has 0 fully saturated rings. The summed E-state index contributed by atoms with van der Waals surface area (Å²) in [7, 11) is 4.63. The molecule has 27 heavy (non-hydrogen) atoms. The normalized spacial score (nSPS) is 11.4. The molecular formula is C19H16Cl2N2O4. The molecule has 0 aliphatic heterocycles. The van der Waals surface area contributed by atoms with Crippen molar-refractivity contribution in [3.63, 3.8) is 0 Å². The number of rotatable bonds is 6. The zero-order valence-electron chi connectivity index (χ0n) is 14.8. The molecule has 1 heterocycles. The Morgan fingerprint density at radius 2 is 1.63 bits per heavy atom. The van der Waals surface area contributed by atoms with Crippen LogP contribution in [0.1, 0.15) is 11.5 Å². The fourth-order valence-electron chi connectivity index (χ4n) is 2.43. The highest BCUT2D eigenvalue weighted by Gasteiger charge is 2.15. The molecule has 8 heteroatoms. The summed E-state index contributed by atoms with van der Waals surface area (Å²) in [5.74, 6) is 2.13. The Kier molecular flexibility index (Phi) is 5.88. The van der Waals surface area contributed by atoms with Crippen molar-refractivity contribution in [3.05, 3.63) is 52.9 Å². The van der Waals surface area contributed by atoms with E-state index in [1.807, 2.05) is 0 Å². The molecule has 3 aromatic rings. The van der Waals surface area contributed by atoms with Crippen molar-refractivity contribution >= 4 is 34.3 Å². The van der Waals surface area contributed by atoms with Crippen LogP contribution in [0.3, 0.4) is 0 Å². The summed E-state index contributed by atoms with van der Waals surface area (Å²) in [6.07, 6.45) is 1.67. The predicted molar refractivity (Wildman–Crippen MR) is 105 cm³/mol. The van der Waals surface area contributed by atoms with Gasteiger partial charge in [-0.1, -0.05) is 28.4 Å². The first kappa shape index (κ1) is 19.1. The largest absolute Gasteiger partial charge is 0.493 e. The molecule has 0 amide bonds. The Hall–Kier alpha value is -2.70. The van der Waals surface area contributed by atoms with Crippen molar-refractivity contribution in [2.75, 3.05) is 21.3 Å². The van der Waals surface area contributed by atoms with Gasteiger partial charge in [0, 0.05) is 10.6 Å². The van der Waals surface area contributed by atoms with E-state index in [2.05, 4.69) is 10.1 Å². The second kappa shape index (κ2) is 8.33. The van der Waals surface area contributed by atoms with Crippen LogP contribution in [0.4, 0.5) is 0 Å². The molecule has 2 aromatic carbocycles.